The number of alkyl halides is 1. The van der Waals surface area contributed by atoms with Crippen LogP contribution in [0, 0.1) is 0 Å². The molecule has 1 aromatic carbocycles. The van der Waals surface area contributed by atoms with Gasteiger partial charge in [0, 0.05) is 27.6 Å². The van der Waals surface area contributed by atoms with Crippen LogP contribution in [0.15, 0.2) is 36.7 Å². The molecule has 0 aliphatic carbocycles. The van der Waals surface area contributed by atoms with Crippen molar-refractivity contribution in [2.45, 2.75) is 76.5 Å². The Morgan fingerprint density at radius 3 is 2.54 bits per heavy atom. The second-order valence-corrected chi connectivity index (χ2v) is 13.8. The van der Waals surface area contributed by atoms with Gasteiger partial charge in [-0.25, -0.2) is 19.0 Å². The molecule has 2 aromatic heterocycles. The molecule has 4 rings (SSSR count). The summed E-state index contributed by atoms with van der Waals surface area (Å²) in [4.78, 5) is 39.7. The van der Waals surface area contributed by atoms with Crippen LogP contribution in [0.3, 0.4) is 0 Å². The molecule has 0 radical (unpaired) electrons. The highest BCUT2D eigenvalue weighted by molar-refractivity contribution is 7.51. The van der Waals surface area contributed by atoms with Crippen molar-refractivity contribution in [3.8, 4) is 0 Å². The number of aliphatic hydroxyl groups excluding tert-OH is 1. The van der Waals surface area contributed by atoms with Crippen LogP contribution < -0.4 is 15.7 Å². The first-order chi connectivity index (χ1) is 22.6. The molecule has 18 heteroatoms. The van der Waals surface area contributed by atoms with Gasteiger partial charge in [-0.1, -0.05) is 30.3 Å². The van der Waals surface area contributed by atoms with Gasteiger partial charge in [0.15, 0.2) is 34.7 Å². The molecule has 1 fully saturated rings. The van der Waals surface area contributed by atoms with Crippen LogP contribution in [0.25, 0.3) is 11.2 Å². The van der Waals surface area contributed by atoms with E-state index in [1.54, 1.807) is 63.2 Å². The third-order valence-corrected chi connectivity index (χ3v) is 9.16. The van der Waals surface area contributed by atoms with Gasteiger partial charge in [-0.05, 0) is 33.3 Å². The van der Waals surface area contributed by atoms with E-state index < -0.39 is 62.7 Å². The minimum absolute atomic E-state index is 0.0850. The second-order valence-electron chi connectivity index (χ2n) is 12.1. The summed E-state index contributed by atoms with van der Waals surface area (Å²) in [5, 5.41) is 13.7. The van der Waals surface area contributed by atoms with Crippen molar-refractivity contribution in [1.82, 2.24) is 24.6 Å². The predicted octanol–water partition coefficient (Wildman–Crippen LogP) is 2.88. The maximum Gasteiger partial charge on any atom is 0.406 e. The summed E-state index contributed by atoms with van der Waals surface area (Å²) in [5.41, 5.74) is 4.46. The van der Waals surface area contributed by atoms with E-state index in [0.717, 1.165) is 6.92 Å². The fourth-order valence-electron chi connectivity index (χ4n) is 5.12. The fraction of sp³-hybridized carbons (Fsp3) is 0.567. The van der Waals surface area contributed by atoms with Gasteiger partial charge in [-0.15, -0.1) is 0 Å². The summed E-state index contributed by atoms with van der Waals surface area (Å²) in [6, 6.07) is 7.30. The van der Waals surface area contributed by atoms with E-state index in [1.807, 2.05) is 0 Å². The Kier molecular flexibility index (Phi) is 11.9. The van der Waals surface area contributed by atoms with Gasteiger partial charge in [0.1, 0.15) is 31.0 Å². The molecule has 0 saturated carbocycles. The number of hydrogen-bond acceptors (Lipinski definition) is 14. The van der Waals surface area contributed by atoms with E-state index in [2.05, 4.69) is 20.0 Å². The number of hydrogen-bond donors (Lipinski definition) is 3. The number of aliphatic hydroxyl groups is 1. The van der Waals surface area contributed by atoms with Gasteiger partial charge in [-0.3, -0.25) is 23.2 Å². The van der Waals surface area contributed by atoms with E-state index in [-0.39, 0.29) is 30.4 Å². The maximum atomic E-state index is 16.3. The molecule has 48 heavy (non-hydrogen) atoms. The van der Waals surface area contributed by atoms with Crippen molar-refractivity contribution in [1.29, 1.82) is 0 Å². The first kappa shape index (κ1) is 37.3. The average molecular weight is 696 g/mol. The summed E-state index contributed by atoms with van der Waals surface area (Å²) in [6.07, 6.45) is -5.19. The number of imidazole rings is 1. The lowest BCUT2D eigenvalue weighted by molar-refractivity contribution is -0.149. The first-order valence-electron chi connectivity index (χ1n) is 15.2. The number of carbonyl (C=O) groups excluding carboxylic acids is 2. The summed E-state index contributed by atoms with van der Waals surface area (Å²) in [7, 11) is 0.276. The van der Waals surface area contributed by atoms with Gasteiger partial charge in [0.2, 0.25) is 5.95 Å². The van der Waals surface area contributed by atoms with Crippen LogP contribution in [0.2, 0.25) is 0 Å². The molecule has 0 amide bonds. The largest absolute Gasteiger partial charge is 0.462 e. The number of carbonyl (C=O) groups is 2. The lowest BCUT2D eigenvalue weighted by Crippen LogP contribution is -2.41. The third-order valence-electron chi connectivity index (χ3n) is 7.44. The smallest absolute Gasteiger partial charge is 0.406 e. The van der Waals surface area contributed by atoms with Crippen molar-refractivity contribution >= 4 is 42.4 Å². The van der Waals surface area contributed by atoms with Crippen molar-refractivity contribution < 1.29 is 46.9 Å². The third kappa shape index (κ3) is 8.52. The number of Topliss-reactive ketones (excluding diaryl/α,β-unsaturated/α-hetero) is 1. The highest BCUT2D eigenvalue weighted by atomic mass is 31.2. The van der Waals surface area contributed by atoms with Gasteiger partial charge in [0.25, 0.3) is 0 Å². The van der Waals surface area contributed by atoms with Crippen LogP contribution in [0.1, 0.15) is 52.0 Å². The predicted molar refractivity (Wildman–Crippen MR) is 173 cm³/mol. The van der Waals surface area contributed by atoms with E-state index >= 15 is 4.39 Å². The zero-order valence-corrected chi connectivity index (χ0v) is 28.8. The van der Waals surface area contributed by atoms with Gasteiger partial charge < -0.3 is 30.0 Å². The monoisotopic (exact) mass is 695 g/mol. The second kappa shape index (κ2) is 15.3. The van der Waals surface area contributed by atoms with Crippen LogP contribution in [0.5, 0.6) is 0 Å². The Labute approximate surface area is 277 Å². The molecule has 4 N–H and O–H groups in total. The molecular weight excluding hydrogens is 652 g/mol. The van der Waals surface area contributed by atoms with Crippen molar-refractivity contribution in [2.24, 2.45) is 0 Å². The van der Waals surface area contributed by atoms with Crippen LogP contribution in [-0.4, -0.2) is 101 Å². The Morgan fingerprint density at radius 1 is 1.23 bits per heavy atom. The highest BCUT2D eigenvalue weighted by Gasteiger charge is 2.56. The van der Waals surface area contributed by atoms with E-state index in [9.17, 15) is 19.3 Å². The zero-order chi connectivity index (χ0) is 35.4. The number of nitrogens with zero attached hydrogens (tertiary/aromatic N) is 5. The standard InChI is InChI=1S/C30H43FN7O9P/c1-17(2)45-27(41)18(3)36-48(42,47-21(13-20(39)14-43-7)19-11-9-8-10-12-19)44-15-22-24(40)30(4,31)28(46-22)38-16-33-23-25(37(5)6)34-29(32)35-26(23)38/h8-12,16-18,21-22,24,28,40H,13-15H2,1-7H3,(H,36,42)(H2,32,34,35)/t18-,21?,22+,24+,28+,30+,48?/m0/s1. The summed E-state index contributed by atoms with van der Waals surface area (Å²) in [6.45, 7) is 4.95. The van der Waals surface area contributed by atoms with Gasteiger partial charge in [0.05, 0.1) is 19.0 Å². The molecule has 3 aromatic rings. The number of aromatic nitrogens is 4. The lowest BCUT2D eigenvalue weighted by atomic mass is 9.98. The highest BCUT2D eigenvalue weighted by Crippen LogP contribution is 2.51. The number of nitrogens with two attached hydrogens (primary N) is 1. The fourth-order valence-corrected chi connectivity index (χ4v) is 6.77. The average Bonchev–Trinajstić information content (AvgIpc) is 3.52. The quantitative estimate of drug-likeness (QED) is 0.146. The van der Waals surface area contributed by atoms with Crippen LogP contribution in [0.4, 0.5) is 16.2 Å². The molecule has 1 aliphatic rings. The van der Waals surface area contributed by atoms with Gasteiger partial charge in [-0.2, -0.15) is 9.97 Å². The SMILES string of the molecule is COCC(=O)CC(OP(=O)(N[C@@H](C)C(=O)OC(C)C)OC[C@H]1O[C@@H](n2cnc3c(N(C)C)nc(N)nc32)[C@](C)(F)[C@@H]1O)c1ccccc1. The lowest BCUT2D eigenvalue weighted by Gasteiger charge is -2.28. The molecule has 16 nitrogen and oxygen atoms in total. The number of rotatable bonds is 16. The Hall–Kier alpha value is -3.57. The molecule has 0 bridgehead atoms. The number of ketones is 1. The molecule has 0 spiro atoms. The summed E-state index contributed by atoms with van der Waals surface area (Å²) in [5.74, 6) is -0.798. The first-order valence-corrected chi connectivity index (χ1v) is 16.8. The Bertz CT molecular complexity index is 1620. The Balaban J connectivity index is 1.63. The number of esters is 1. The van der Waals surface area contributed by atoms with Crippen molar-refractivity contribution in [3.63, 3.8) is 0 Å². The maximum absolute atomic E-state index is 16.3. The number of benzene rings is 1. The van der Waals surface area contributed by atoms with E-state index in [0.29, 0.717) is 16.9 Å². The van der Waals surface area contributed by atoms with Crippen LogP contribution in [-0.2, 0) is 37.4 Å². The molecular formula is C30H43FN7O9P. The molecule has 1 saturated heterocycles. The number of anilines is 2. The zero-order valence-electron chi connectivity index (χ0n) is 27.9. The van der Waals surface area contributed by atoms with E-state index in [4.69, 9.17) is 29.0 Å². The number of halogens is 1. The van der Waals surface area contributed by atoms with E-state index in [1.165, 1.54) is 24.9 Å². The number of methoxy groups -OCH3 is 1. The van der Waals surface area contributed by atoms with Gasteiger partial charge >= 0.3 is 13.7 Å². The molecule has 7 atom stereocenters. The normalized spacial score (nSPS) is 23.6. The van der Waals surface area contributed by atoms with Crippen molar-refractivity contribution in [3.05, 3.63) is 42.2 Å². The van der Waals surface area contributed by atoms with Crippen LogP contribution >= 0.6 is 7.75 Å². The minimum Gasteiger partial charge on any atom is -0.462 e. The topological polar surface area (TPSA) is 202 Å². The van der Waals surface area contributed by atoms with Crippen molar-refractivity contribution in [2.75, 3.05) is 45.1 Å². The number of nitrogens with one attached hydrogen (secondary N) is 1. The number of ether oxygens (including phenoxy) is 3. The molecule has 1 aliphatic heterocycles. The summed E-state index contributed by atoms with van der Waals surface area (Å²) < 4.78 is 59.9. The molecule has 264 valence electrons. The summed E-state index contributed by atoms with van der Waals surface area (Å²) >= 11 is 0. The Morgan fingerprint density at radius 2 is 1.92 bits per heavy atom. The molecule has 3 heterocycles. The molecule has 2 unspecified atom stereocenters. The number of nitrogen functional groups attached to an aromatic ring is 1. The minimum atomic E-state index is -4.55. The number of fused-ring (bicyclic) bond motifs is 1.